The Hall–Kier alpha value is -1.93. The number of hydrogen-bond acceptors (Lipinski definition) is 5. The van der Waals surface area contributed by atoms with Gasteiger partial charge in [-0.25, -0.2) is 4.79 Å². The van der Waals surface area contributed by atoms with Crippen LogP contribution >= 0.6 is 0 Å². The van der Waals surface area contributed by atoms with Crippen LogP contribution in [0.15, 0.2) is 11.6 Å². The summed E-state index contributed by atoms with van der Waals surface area (Å²) in [5, 5.41) is 15.0. The number of carboxylic acids is 1. The number of likely N-dealkylation sites (N-methyl/N-ethyl adjacent to an activating group) is 2. The van der Waals surface area contributed by atoms with Gasteiger partial charge in [0, 0.05) is 38.8 Å². The molecule has 26 heavy (non-hydrogen) atoms. The number of rotatable bonds is 6. The van der Waals surface area contributed by atoms with E-state index in [1.807, 2.05) is 32.7 Å². The Morgan fingerprint density at radius 1 is 1.38 bits per heavy atom. The van der Waals surface area contributed by atoms with Crippen molar-refractivity contribution in [1.29, 1.82) is 0 Å². The van der Waals surface area contributed by atoms with Crippen molar-refractivity contribution in [2.24, 2.45) is 5.41 Å². The van der Waals surface area contributed by atoms with Gasteiger partial charge in [-0.15, -0.1) is 0 Å². The summed E-state index contributed by atoms with van der Waals surface area (Å²) in [5.74, 6) is -1.44. The lowest BCUT2D eigenvalue weighted by Gasteiger charge is -2.37. The summed E-state index contributed by atoms with van der Waals surface area (Å²) in [4.78, 5) is 39.9. The van der Waals surface area contributed by atoms with Gasteiger partial charge < -0.3 is 20.6 Å². The first-order chi connectivity index (χ1) is 11.9. The minimum absolute atomic E-state index is 0.171. The van der Waals surface area contributed by atoms with Gasteiger partial charge in [0.25, 0.3) is 0 Å². The van der Waals surface area contributed by atoms with Crippen LogP contribution in [0, 0.1) is 5.41 Å². The Bertz CT molecular complexity index is 568. The van der Waals surface area contributed by atoms with Crippen LogP contribution in [0.2, 0.25) is 0 Å². The number of carboxylic acid groups (broad SMARTS) is 1. The van der Waals surface area contributed by atoms with Gasteiger partial charge in [-0.2, -0.15) is 0 Å². The molecule has 0 aliphatic carbocycles. The molecule has 3 N–H and O–H groups in total. The molecule has 1 aliphatic heterocycles. The largest absolute Gasteiger partial charge is 0.478 e. The number of piperazine rings is 1. The molecule has 1 aliphatic rings. The quantitative estimate of drug-likeness (QED) is 0.567. The molecule has 2 atom stereocenters. The molecule has 1 heterocycles. The van der Waals surface area contributed by atoms with Crippen LogP contribution in [0.3, 0.4) is 0 Å². The Labute approximate surface area is 155 Å². The lowest BCUT2D eigenvalue weighted by molar-refractivity contribution is -0.139. The highest BCUT2D eigenvalue weighted by Crippen LogP contribution is 2.21. The smallest absolute Gasteiger partial charge is 0.331 e. The first-order valence-electron chi connectivity index (χ1n) is 8.81. The fraction of sp³-hybridized carbons (Fsp3) is 0.722. The summed E-state index contributed by atoms with van der Waals surface area (Å²) < 4.78 is 0. The summed E-state index contributed by atoms with van der Waals surface area (Å²) in [6.45, 7) is 9.48. The molecule has 0 aromatic heterocycles. The first-order valence-corrected chi connectivity index (χ1v) is 8.81. The molecule has 0 aromatic carbocycles. The second kappa shape index (κ2) is 9.14. The van der Waals surface area contributed by atoms with Gasteiger partial charge in [-0.05, 0) is 19.4 Å². The van der Waals surface area contributed by atoms with Gasteiger partial charge in [0.2, 0.25) is 11.8 Å². The third kappa shape index (κ3) is 6.10. The molecule has 0 bridgehead atoms. The zero-order valence-corrected chi connectivity index (χ0v) is 16.6. The molecular formula is C18H32N4O4. The van der Waals surface area contributed by atoms with E-state index in [9.17, 15) is 14.4 Å². The Morgan fingerprint density at radius 2 is 2.00 bits per heavy atom. The Balaban J connectivity index is 2.85. The highest BCUT2D eigenvalue weighted by atomic mass is 16.4. The summed E-state index contributed by atoms with van der Waals surface area (Å²) >= 11 is 0. The molecule has 0 aromatic rings. The third-order valence-electron chi connectivity index (χ3n) is 4.60. The monoisotopic (exact) mass is 368 g/mol. The summed E-state index contributed by atoms with van der Waals surface area (Å²) in [6.07, 6.45) is 1.49. The third-order valence-corrected chi connectivity index (χ3v) is 4.60. The van der Waals surface area contributed by atoms with Crippen LogP contribution < -0.4 is 10.6 Å². The predicted molar refractivity (Wildman–Crippen MR) is 99.7 cm³/mol. The van der Waals surface area contributed by atoms with Gasteiger partial charge in [-0.1, -0.05) is 26.8 Å². The van der Waals surface area contributed by atoms with Crippen molar-refractivity contribution in [3.8, 4) is 0 Å². The lowest BCUT2D eigenvalue weighted by Crippen LogP contribution is -2.61. The van der Waals surface area contributed by atoms with Crippen molar-refractivity contribution in [3.63, 3.8) is 0 Å². The van der Waals surface area contributed by atoms with Crippen molar-refractivity contribution in [2.45, 2.75) is 39.8 Å². The number of hydrogen-bond donors (Lipinski definition) is 3. The molecule has 8 nitrogen and oxygen atoms in total. The maximum Gasteiger partial charge on any atom is 0.331 e. The van der Waals surface area contributed by atoms with Crippen molar-refractivity contribution in [1.82, 2.24) is 20.4 Å². The van der Waals surface area contributed by atoms with E-state index in [2.05, 4.69) is 10.6 Å². The van der Waals surface area contributed by atoms with Crippen LogP contribution in [0.25, 0.3) is 0 Å². The van der Waals surface area contributed by atoms with Crippen LogP contribution in [0.5, 0.6) is 0 Å². The van der Waals surface area contributed by atoms with Crippen LogP contribution in [0.4, 0.5) is 0 Å². The second-order valence-electron chi connectivity index (χ2n) is 7.92. The first kappa shape index (κ1) is 22.1. The molecule has 2 amide bonds. The van der Waals surface area contributed by atoms with Crippen LogP contribution in [0.1, 0.15) is 27.7 Å². The summed E-state index contributed by atoms with van der Waals surface area (Å²) in [5.41, 5.74) is -0.302. The van der Waals surface area contributed by atoms with E-state index in [4.69, 9.17) is 5.11 Å². The summed E-state index contributed by atoms with van der Waals surface area (Å²) in [6, 6.07) is -1.02. The number of nitrogens with one attached hydrogen (secondary N) is 2. The van der Waals surface area contributed by atoms with Gasteiger partial charge >= 0.3 is 5.97 Å². The number of carbonyl (C=O) groups excluding carboxylic acids is 2. The molecule has 8 heteroatoms. The van der Waals surface area contributed by atoms with Gasteiger partial charge in [0.1, 0.15) is 12.1 Å². The maximum absolute atomic E-state index is 12.9. The van der Waals surface area contributed by atoms with E-state index in [0.29, 0.717) is 6.54 Å². The minimum atomic E-state index is -1.01. The van der Waals surface area contributed by atoms with E-state index in [1.165, 1.54) is 17.9 Å². The van der Waals surface area contributed by atoms with E-state index >= 15 is 0 Å². The predicted octanol–water partition coefficient (Wildman–Crippen LogP) is -0.0898. The zero-order chi connectivity index (χ0) is 20.1. The molecule has 0 radical (unpaired) electrons. The van der Waals surface area contributed by atoms with E-state index in [-0.39, 0.29) is 30.0 Å². The molecule has 1 rings (SSSR count). The fourth-order valence-electron chi connectivity index (χ4n) is 2.66. The van der Waals surface area contributed by atoms with Gasteiger partial charge in [0.05, 0.1) is 0 Å². The molecule has 2 unspecified atom stereocenters. The molecule has 1 saturated heterocycles. The fourth-order valence-corrected chi connectivity index (χ4v) is 2.66. The number of aliphatic carboxylic acids is 1. The van der Waals surface area contributed by atoms with Crippen molar-refractivity contribution in [3.05, 3.63) is 11.6 Å². The summed E-state index contributed by atoms with van der Waals surface area (Å²) in [7, 11) is 3.50. The van der Waals surface area contributed by atoms with E-state index in [0.717, 1.165) is 13.1 Å². The van der Waals surface area contributed by atoms with E-state index in [1.54, 1.807) is 7.05 Å². The zero-order valence-electron chi connectivity index (χ0n) is 16.6. The van der Waals surface area contributed by atoms with Crippen LogP contribution in [-0.4, -0.2) is 85.0 Å². The molecule has 1 fully saturated rings. The maximum atomic E-state index is 12.9. The van der Waals surface area contributed by atoms with Gasteiger partial charge in [0.15, 0.2) is 0 Å². The molecular weight excluding hydrogens is 336 g/mol. The SMILES string of the molecule is C/C(=C\CN(C)C(=O)C(NC(=O)C1CNCCN1C)C(C)(C)C)C(=O)O. The normalized spacial score (nSPS) is 20.4. The van der Waals surface area contributed by atoms with Crippen LogP contribution in [-0.2, 0) is 14.4 Å². The molecule has 0 spiro atoms. The minimum Gasteiger partial charge on any atom is -0.478 e. The molecule has 148 valence electrons. The topological polar surface area (TPSA) is 102 Å². The molecule has 0 saturated carbocycles. The van der Waals surface area contributed by atoms with Crippen molar-refractivity contribution in [2.75, 3.05) is 40.3 Å². The number of nitrogens with zero attached hydrogens (tertiary/aromatic N) is 2. The second-order valence-corrected chi connectivity index (χ2v) is 7.92. The number of carbonyl (C=O) groups is 3. The highest BCUT2D eigenvalue weighted by Gasteiger charge is 2.37. The number of amides is 2. The highest BCUT2D eigenvalue weighted by molar-refractivity contribution is 5.90. The van der Waals surface area contributed by atoms with Crippen molar-refractivity contribution < 1.29 is 19.5 Å². The van der Waals surface area contributed by atoms with Gasteiger partial charge in [-0.3, -0.25) is 14.5 Å². The average Bonchev–Trinajstić information content (AvgIpc) is 2.55. The standard InChI is InChI=1S/C18H32N4O4/c1-12(17(25)26)7-9-22(6)16(24)14(18(2,3)4)20-15(23)13-11-19-8-10-21(13)5/h7,13-14,19H,8-11H2,1-6H3,(H,20,23)(H,25,26)/b12-7+. The Kier molecular flexibility index (Phi) is 7.77. The average molecular weight is 368 g/mol. The van der Waals surface area contributed by atoms with E-state index < -0.39 is 17.4 Å². The van der Waals surface area contributed by atoms with Crippen molar-refractivity contribution >= 4 is 17.8 Å². The lowest BCUT2D eigenvalue weighted by atomic mass is 9.85. The Morgan fingerprint density at radius 3 is 2.50 bits per heavy atom.